The van der Waals surface area contributed by atoms with Gasteiger partial charge in [0.25, 0.3) is 11.4 Å². The monoisotopic (exact) mass is 254 g/mol. The molecule has 0 fully saturated rings. The predicted octanol–water partition coefficient (Wildman–Crippen LogP) is 1.94. The number of nitriles is 2. The van der Waals surface area contributed by atoms with Crippen molar-refractivity contribution < 1.29 is 0 Å². The van der Waals surface area contributed by atoms with Crippen molar-refractivity contribution in [3.05, 3.63) is 69.7 Å². The van der Waals surface area contributed by atoms with E-state index in [-0.39, 0.29) is 11.4 Å². The van der Waals surface area contributed by atoms with Gasteiger partial charge in [0.2, 0.25) is 0 Å². The van der Waals surface area contributed by atoms with Crippen molar-refractivity contribution in [2.75, 3.05) is 0 Å². The average Bonchev–Trinajstić information content (AvgIpc) is 2.49. The lowest BCUT2D eigenvalue weighted by molar-refractivity contribution is 1.51. The Balaban J connectivity index is 2.84. The highest BCUT2D eigenvalue weighted by atomic mass is 14.7. The van der Waals surface area contributed by atoms with Crippen LogP contribution in [0.3, 0.4) is 0 Å². The van der Waals surface area contributed by atoms with Gasteiger partial charge in [-0.3, -0.25) is 0 Å². The van der Waals surface area contributed by atoms with Crippen molar-refractivity contribution >= 4 is 22.2 Å². The molecule has 0 aromatic heterocycles. The molecular formula is C16H6N4. The molecule has 0 aliphatic rings. The molecular weight excluding hydrogens is 248 g/mol. The van der Waals surface area contributed by atoms with Crippen LogP contribution in [0.1, 0.15) is 0 Å². The van der Waals surface area contributed by atoms with Crippen molar-refractivity contribution in [1.29, 1.82) is 10.5 Å². The van der Waals surface area contributed by atoms with E-state index in [4.69, 9.17) is 23.7 Å². The van der Waals surface area contributed by atoms with E-state index < -0.39 is 0 Å². The van der Waals surface area contributed by atoms with Crippen LogP contribution in [0.25, 0.3) is 31.9 Å². The second kappa shape index (κ2) is 5.36. The van der Waals surface area contributed by atoms with Crippen molar-refractivity contribution in [3.8, 4) is 12.1 Å². The normalized spacial score (nSPS) is 12.4. The summed E-state index contributed by atoms with van der Waals surface area (Å²) in [5.41, 5.74) is 0.0859. The Kier molecular flexibility index (Phi) is 3.45. The van der Waals surface area contributed by atoms with Crippen molar-refractivity contribution in [1.82, 2.24) is 0 Å². The molecule has 0 amide bonds. The number of hydrogen-bond donors (Lipinski definition) is 0. The molecule has 0 radical (unpaired) electrons. The molecule has 20 heavy (non-hydrogen) atoms. The lowest BCUT2D eigenvalue weighted by atomic mass is 10.1. The minimum Gasteiger partial charge on any atom is -0.226 e. The first kappa shape index (κ1) is 12.8. The van der Waals surface area contributed by atoms with Gasteiger partial charge in [-0.05, 0) is 21.2 Å². The number of benzene rings is 2. The smallest absolute Gasteiger partial charge is 0.226 e. The maximum Gasteiger partial charge on any atom is 0.268 e. The summed E-state index contributed by atoms with van der Waals surface area (Å²) in [6.07, 6.45) is 0. The standard InChI is InChI=1S/C16H6N4/c1-19-15(9-17)13-5-3-12-8-14(16(10-18)20-2)6-4-11(12)7-13/h3-8H/b15-13-,16-14+. The molecule has 2 aromatic carbocycles. The van der Waals surface area contributed by atoms with E-state index in [1.807, 2.05) is 12.1 Å². The summed E-state index contributed by atoms with van der Waals surface area (Å²) in [6.45, 7) is 13.9. The van der Waals surface area contributed by atoms with Gasteiger partial charge >= 0.3 is 0 Å². The molecule has 0 N–H and O–H groups in total. The lowest BCUT2D eigenvalue weighted by Crippen LogP contribution is -2.05. The van der Waals surface area contributed by atoms with Gasteiger partial charge in [0.1, 0.15) is 0 Å². The largest absolute Gasteiger partial charge is 0.268 e. The Hall–Kier alpha value is -3.60. The van der Waals surface area contributed by atoms with Crippen molar-refractivity contribution in [2.24, 2.45) is 0 Å². The van der Waals surface area contributed by atoms with E-state index in [9.17, 15) is 0 Å². The fourth-order valence-corrected chi connectivity index (χ4v) is 1.85. The van der Waals surface area contributed by atoms with Crippen molar-refractivity contribution in [2.45, 2.75) is 0 Å². The Morgan fingerprint density at radius 3 is 1.50 bits per heavy atom. The summed E-state index contributed by atoms with van der Waals surface area (Å²) >= 11 is 0. The van der Waals surface area contributed by atoms with Gasteiger partial charge in [-0.25, -0.2) is 20.2 Å². The van der Waals surface area contributed by atoms with Gasteiger partial charge < -0.3 is 0 Å². The molecule has 0 atom stereocenters. The zero-order valence-electron chi connectivity index (χ0n) is 10.3. The first-order chi connectivity index (χ1) is 9.73. The van der Waals surface area contributed by atoms with E-state index in [2.05, 4.69) is 9.69 Å². The summed E-state index contributed by atoms with van der Waals surface area (Å²) in [5, 5.41) is 20.6. The van der Waals surface area contributed by atoms with Crippen LogP contribution in [0.15, 0.2) is 36.4 Å². The highest BCUT2D eigenvalue weighted by Crippen LogP contribution is 2.09. The molecule has 0 aliphatic carbocycles. The fraction of sp³-hybridized carbons (Fsp3) is 0. The summed E-state index contributed by atoms with van der Waals surface area (Å²) in [7, 11) is 0. The Morgan fingerprint density at radius 2 is 1.20 bits per heavy atom. The SMILES string of the molecule is [C-]#[N+]/C(C#N)=c1/ccc2c/c(=C(\C#N)[N+]#[C-])ccc2c1. The van der Waals surface area contributed by atoms with Gasteiger partial charge in [0.05, 0.1) is 25.3 Å². The molecule has 4 nitrogen and oxygen atoms in total. The summed E-state index contributed by atoms with van der Waals surface area (Å²) in [4.78, 5) is 6.35. The van der Waals surface area contributed by atoms with Gasteiger partial charge in [-0.15, -0.1) is 0 Å². The summed E-state index contributed by atoms with van der Waals surface area (Å²) in [6, 6.07) is 14.1. The molecule has 0 unspecified atom stereocenters. The second-order valence-electron chi connectivity index (χ2n) is 3.92. The third-order valence-corrected chi connectivity index (χ3v) is 2.82. The highest BCUT2D eigenvalue weighted by Gasteiger charge is 1.99. The predicted molar refractivity (Wildman–Crippen MR) is 74.4 cm³/mol. The zero-order valence-corrected chi connectivity index (χ0v) is 10.3. The van der Waals surface area contributed by atoms with E-state index in [0.717, 1.165) is 10.8 Å². The number of nitrogens with zero attached hydrogens (tertiary/aromatic N) is 4. The molecule has 0 bridgehead atoms. The van der Waals surface area contributed by atoms with E-state index in [1.54, 1.807) is 36.4 Å². The molecule has 0 heterocycles. The van der Waals surface area contributed by atoms with E-state index >= 15 is 0 Å². The first-order valence-corrected chi connectivity index (χ1v) is 5.57. The van der Waals surface area contributed by atoms with Crippen LogP contribution in [0.4, 0.5) is 0 Å². The van der Waals surface area contributed by atoms with Crippen LogP contribution in [0.2, 0.25) is 0 Å². The first-order valence-electron chi connectivity index (χ1n) is 5.57. The molecule has 0 saturated carbocycles. The Labute approximate surface area is 115 Å². The van der Waals surface area contributed by atoms with Crippen molar-refractivity contribution in [3.63, 3.8) is 0 Å². The van der Waals surface area contributed by atoms with E-state index in [0.29, 0.717) is 10.4 Å². The maximum absolute atomic E-state index is 8.86. The van der Waals surface area contributed by atoms with Crippen LogP contribution < -0.4 is 10.4 Å². The molecule has 2 aromatic rings. The van der Waals surface area contributed by atoms with Gasteiger partial charge in [-0.2, -0.15) is 0 Å². The van der Waals surface area contributed by atoms with Crippen LogP contribution in [0, 0.1) is 35.8 Å². The molecule has 0 aliphatic heterocycles. The molecule has 0 saturated heterocycles. The van der Waals surface area contributed by atoms with Crippen LogP contribution in [0.5, 0.6) is 0 Å². The Bertz CT molecular complexity index is 871. The minimum atomic E-state index is 0.0430. The van der Waals surface area contributed by atoms with Gasteiger partial charge in [0.15, 0.2) is 0 Å². The van der Waals surface area contributed by atoms with Crippen LogP contribution in [-0.4, -0.2) is 0 Å². The number of hydrogen-bond acceptors (Lipinski definition) is 2. The Morgan fingerprint density at radius 1 is 0.800 bits per heavy atom. The highest BCUT2D eigenvalue weighted by molar-refractivity contribution is 5.85. The molecule has 0 spiro atoms. The maximum atomic E-state index is 8.86. The molecule has 90 valence electrons. The second-order valence-corrected chi connectivity index (χ2v) is 3.92. The zero-order chi connectivity index (χ0) is 14.5. The molecule has 2 rings (SSSR count). The van der Waals surface area contributed by atoms with Gasteiger partial charge in [-0.1, -0.05) is 36.4 Å². The van der Waals surface area contributed by atoms with Gasteiger partial charge in [0, 0.05) is 0 Å². The molecule has 4 heteroatoms. The number of fused-ring (bicyclic) bond motifs is 1. The van der Waals surface area contributed by atoms with Crippen LogP contribution >= 0.6 is 0 Å². The summed E-state index contributed by atoms with van der Waals surface area (Å²) in [5.74, 6) is 0. The topological polar surface area (TPSA) is 56.3 Å². The number of rotatable bonds is 0. The third-order valence-electron chi connectivity index (χ3n) is 2.82. The minimum absolute atomic E-state index is 0.0430. The van der Waals surface area contributed by atoms with E-state index in [1.165, 1.54) is 0 Å². The lowest BCUT2D eigenvalue weighted by Gasteiger charge is -1.98. The third kappa shape index (κ3) is 2.19. The van der Waals surface area contributed by atoms with Crippen LogP contribution in [-0.2, 0) is 0 Å². The average molecular weight is 254 g/mol. The summed E-state index contributed by atoms with van der Waals surface area (Å²) < 4.78 is 0. The fourth-order valence-electron chi connectivity index (χ4n) is 1.85. The quantitative estimate of drug-likeness (QED) is 0.674.